The van der Waals surface area contributed by atoms with Gasteiger partial charge in [0.05, 0.1) is 17.3 Å². The summed E-state index contributed by atoms with van der Waals surface area (Å²) in [5.74, 6) is 0.418. The van der Waals surface area contributed by atoms with Crippen LogP contribution in [0, 0.1) is 6.92 Å². The molecule has 2 amide bonds. The van der Waals surface area contributed by atoms with E-state index < -0.39 is 0 Å². The lowest BCUT2D eigenvalue weighted by Gasteiger charge is -2.36. The van der Waals surface area contributed by atoms with Gasteiger partial charge in [-0.05, 0) is 85.7 Å². The summed E-state index contributed by atoms with van der Waals surface area (Å²) < 4.78 is 5.60. The van der Waals surface area contributed by atoms with Crippen LogP contribution in [0.2, 0.25) is 10.0 Å². The van der Waals surface area contributed by atoms with Crippen LogP contribution in [0.5, 0.6) is 5.75 Å². The van der Waals surface area contributed by atoms with E-state index in [1.807, 2.05) is 48.2 Å². The van der Waals surface area contributed by atoms with Crippen molar-refractivity contribution in [1.82, 2.24) is 10.2 Å². The van der Waals surface area contributed by atoms with Gasteiger partial charge in [-0.15, -0.1) is 0 Å². The fourth-order valence-electron chi connectivity index (χ4n) is 4.16. The summed E-state index contributed by atoms with van der Waals surface area (Å²) in [7, 11) is 0. The lowest BCUT2D eigenvalue weighted by molar-refractivity contribution is 0.0746. The van der Waals surface area contributed by atoms with Crippen molar-refractivity contribution >= 4 is 63.7 Å². The summed E-state index contributed by atoms with van der Waals surface area (Å²) in [6.45, 7) is 7.06. The van der Waals surface area contributed by atoms with Gasteiger partial charge in [-0.3, -0.25) is 14.9 Å². The number of ether oxygens (including phenoxy) is 1. The molecule has 0 radical (unpaired) electrons. The Kier molecular flexibility index (Phi) is 9.67. The maximum absolute atomic E-state index is 13.0. The topological polar surface area (TPSA) is 73.9 Å². The fourth-order valence-corrected chi connectivity index (χ4v) is 4.85. The third kappa shape index (κ3) is 7.41. The van der Waals surface area contributed by atoms with Crippen molar-refractivity contribution in [2.75, 3.05) is 43.0 Å². The van der Waals surface area contributed by atoms with Gasteiger partial charge in [-0.1, -0.05) is 36.2 Å². The zero-order valence-electron chi connectivity index (χ0n) is 21.8. The lowest BCUT2D eigenvalue weighted by atomic mass is 10.1. The number of hydrogen-bond acceptors (Lipinski definition) is 5. The molecule has 39 heavy (non-hydrogen) atoms. The predicted octanol–water partition coefficient (Wildman–Crippen LogP) is 6.18. The standard InChI is InChI=1S/C29H30Cl2N4O3S/c1-3-16-38-23-9-6-20(7-10-23)28(37)35-14-12-34(13-15-35)26-11-8-22(18-25(26)31)32-29(39)33-27(36)21-5-4-19(2)24(30)17-21/h4-11,17-18H,3,12-16H2,1-2H3,(H2,32,33,36,39). The molecule has 1 aliphatic heterocycles. The van der Waals surface area contributed by atoms with Gasteiger partial charge in [0.1, 0.15) is 5.75 Å². The van der Waals surface area contributed by atoms with Crippen molar-refractivity contribution in [3.05, 3.63) is 87.4 Å². The van der Waals surface area contributed by atoms with Gasteiger partial charge in [0, 0.05) is 48.0 Å². The average Bonchev–Trinajstić information content (AvgIpc) is 2.93. The SMILES string of the molecule is CCCOc1ccc(C(=O)N2CCN(c3ccc(NC(=S)NC(=O)c4ccc(C)c(Cl)c4)cc3Cl)CC2)cc1. The van der Waals surface area contributed by atoms with E-state index in [9.17, 15) is 9.59 Å². The number of amides is 2. The highest BCUT2D eigenvalue weighted by Gasteiger charge is 2.23. The van der Waals surface area contributed by atoms with E-state index in [2.05, 4.69) is 22.5 Å². The van der Waals surface area contributed by atoms with Crippen LogP contribution in [0.25, 0.3) is 0 Å². The molecule has 204 valence electrons. The highest BCUT2D eigenvalue weighted by Crippen LogP contribution is 2.30. The minimum Gasteiger partial charge on any atom is -0.494 e. The van der Waals surface area contributed by atoms with Gasteiger partial charge in [0.25, 0.3) is 11.8 Å². The van der Waals surface area contributed by atoms with Gasteiger partial charge in [0.2, 0.25) is 0 Å². The number of rotatable bonds is 7. The largest absolute Gasteiger partial charge is 0.494 e. The van der Waals surface area contributed by atoms with Crippen LogP contribution in [0.15, 0.2) is 60.7 Å². The van der Waals surface area contributed by atoms with Crippen LogP contribution in [-0.2, 0) is 0 Å². The number of nitrogens with zero attached hydrogens (tertiary/aromatic N) is 2. The molecule has 0 unspecified atom stereocenters. The molecule has 1 fully saturated rings. The van der Waals surface area contributed by atoms with Crippen molar-refractivity contribution in [1.29, 1.82) is 0 Å². The van der Waals surface area contributed by atoms with Gasteiger partial charge in [0.15, 0.2) is 5.11 Å². The Hall–Kier alpha value is -3.33. The maximum Gasteiger partial charge on any atom is 0.257 e. The minimum absolute atomic E-state index is 0.00537. The third-order valence-corrected chi connectivity index (χ3v) is 7.26. The number of nitrogens with one attached hydrogen (secondary N) is 2. The van der Waals surface area contributed by atoms with E-state index >= 15 is 0 Å². The molecule has 1 saturated heterocycles. The molecule has 0 aromatic heterocycles. The Morgan fingerprint density at radius 1 is 0.923 bits per heavy atom. The number of thiocarbonyl (C=S) groups is 1. The molecule has 1 heterocycles. The number of carbonyl (C=O) groups excluding carboxylic acids is 2. The van der Waals surface area contributed by atoms with Crippen LogP contribution in [0.4, 0.5) is 11.4 Å². The van der Waals surface area contributed by atoms with Gasteiger partial charge in [-0.2, -0.15) is 0 Å². The van der Waals surface area contributed by atoms with E-state index in [0.717, 1.165) is 23.4 Å². The molecule has 0 aliphatic carbocycles. The number of aryl methyl sites for hydroxylation is 1. The molecule has 10 heteroatoms. The van der Waals surface area contributed by atoms with Crippen LogP contribution in [0.1, 0.15) is 39.6 Å². The molecule has 3 aromatic rings. The molecular formula is C29H30Cl2N4O3S. The molecule has 4 rings (SSSR count). The second-order valence-corrected chi connectivity index (χ2v) is 10.4. The second-order valence-electron chi connectivity index (χ2n) is 9.19. The van der Waals surface area contributed by atoms with Crippen molar-refractivity contribution in [3.8, 4) is 5.75 Å². The first-order chi connectivity index (χ1) is 18.7. The summed E-state index contributed by atoms with van der Waals surface area (Å²) >= 11 is 18.0. The highest BCUT2D eigenvalue weighted by atomic mass is 35.5. The molecular weight excluding hydrogens is 555 g/mol. The summed E-state index contributed by atoms with van der Waals surface area (Å²) in [6, 6.07) is 17.9. The number of piperazine rings is 1. The smallest absolute Gasteiger partial charge is 0.257 e. The summed E-state index contributed by atoms with van der Waals surface area (Å²) in [5, 5.41) is 6.86. The first-order valence-corrected chi connectivity index (χ1v) is 13.9. The van der Waals surface area contributed by atoms with Crippen LogP contribution >= 0.6 is 35.4 Å². The zero-order valence-corrected chi connectivity index (χ0v) is 24.1. The minimum atomic E-state index is -0.356. The van der Waals surface area contributed by atoms with Crippen LogP contribution in [0.3, 0.4) is 0 Å². The number of halogens is 2. The lowest BCUT2D eigenvalue weighted by Crippen LogP contribution is -2.48. The summed E-state index contributed by atoms with van der Waals surface area (Å²) in [4.78, 5) is 29.5. The first kappa shape index (κ1) is 28.7. The van der Waals surface area contributed by atoms with Crippen molar-refractivity contribution in [3.63, 3.8) is 0 Å². The maximum atomic E-state index is 13.0. The molecule has 0 bridgehead atoms. The Labute approximate surface area is 244 Å². The Balaban J connectivity index is 1.30. The van der Waals surface area contributed by atoms with Gasteiger partial charge < -0.3 is 19.9 Å². The summed E-state index contributed by atoms with van der Waals surface area (Å²) in [6.07, 6.45) is 0.935. The Morgan fingerprint density at radius 3 is 2.26 bits per heavy atom. The van der Waals surface area contributed by atoms with Crippen molar-refractivity contribution in [2.45, 2.75) is 20.3 Å². The van der Waals surface area contributed by atoms with E-state index in [1.165, 1.54) is 0 Å². The molecule has 3 aromatic carbocycles. The fraction of sp³-hybridized carbons (Fsp3) is 0.276. The molecule has 0 saturated carbocycles. The van der Waals surface area contributed by atoms with Crippen molar-refractivity contribution < 1.29 is 14.3 Å². The van der Waals surface area contributed by atoms with E-state index in [4.69, 9.17) is 40.2 Å². The number of carbonyl (C=O) groups is 2. The zero-order chi connectivity index (χ0) is 27.9. The predicted molar refractivity (Wildman–Crippen MR) is 162 cm³/mol. The van der Waals surface area contributed by atoms with Crippen LogP contribution < -0.4 is 20.3 Å². The van der Waals surface area contributed by atoms with E-state index in [-0.39, 0.29) is 16.9 Å². The van der Waals surface area contributed by atoms with Gasteiger partial charge in [-0.25, -0.2) is 0 Å². The monoisotopic (exact) mass is 584 g/mol. The molecule has 1 aliphatic rings. The number of benzene rings is 3. The quantitative estimate of drug-likeness (QED) is 0.323. The Bertz CT molecular complexity index is 1360. The van der Waals surface area contributed by atoms with E-state index in [1.54, 1.807) is 24.3 Å². The average molecular weight is 586 g/mol. The normalized spacial score (nSPS) is 13.1. The molecule has 0 atom stereocenters. The number of anilines is 2. The van der Waals surface area contributed by atoms with Crippen LogP contribution in [-0.4, -0.2) is 54.6 Å². The molecule has 7 nitrogen and oxygen atoms in total. The second kappa shape index (κ2) is 13.2. The van der Waals surface area contributed by atoms with Gasteiger partial charge >= 0.3 is 0 Å². The highest BCUT2D eigenvalue weighted by molar-refractivity contribution is 7.80. The molecule has 2 N–H and O–H groups in total. The first-order valence-electron chi connectivity index (χ1n) is 12.7. The number of hydrogen-bond donors (Lipinski definition) is 2. The Morgan fingerprint density at radius 2 is 1.62 bits per heavy atom. The third-order valence-electron chi connectivity index (χ3n) is 6.35. The summed E-state index contributed by atoms with van der Waals surface area (Å²) in [5.41, 5.74) is 3.47. The molecule has 0 spiro atoms. The van der Waals surface area contributed by atoms with E-state index in [0.29, 0.717) is 59.6 Å². The van der Waals surface area contributed by atoms with Crippen molar-refractivity contribution in [2.24, 2.45) is 0 Å².